The van der Waals surface area contributed by atoms with E-state index in [9.17, 15) is 18.5 Å². The SMILES string of the molecule is CSC1=CC(C)(S(=O)(=O)n2ccc3c(C(=O)c4nc5ccc(C#N)cc5n4COCC[Si](C)(C)C)ccc(C)c32)CC=C1. The van der Waals surface area contributed by atoms with Gasteiger partial charge in [0.1, 0.15) is 11.5 Å². The van der Waals surface area contributed by atoms with Crippen molar-refractivity contribution in [3.05, 3.63) is 88.2 Å². The number of aromatic nitrogens is 3. The summed E-state index contributed by atoms with van der Waals surface area (Å²) in [5, 5.41) is 10.0. The lowest BCUT2D eigenvalue weighted by Gasteiger charge is -2.29. The third-order valence-corrected chi connectivity index (χ3v) is 12.6. The zero-order valence-corrected chi connectivity index (χ0v) is 28.0. The van der Waals surface area contributed by atoms with Crippen LogP contribution in [-0.4, -0.2) is 53.4 Å². The fraction of sp³-hybridized carbons (Fsp3) is 0.344. The average Bonchev–Trinajstić information content (AvgIpc) is 3.57. The lowest BCUT2D eigenvalue weighted by molar-refractivity contribution is 0.0835. The Hall–Kier alpha value is -3.43. The van der Waals surface area contributed by atoms with E-state index in [0.29, 0.717) is 46.1 Å². The largest absolute Gasteiger partial charge is 0.361 e. The molecule has 1 aliphatic rings. The first-order valence-electron chi connectivity index (χ1n) is 14.1. The molecule has 0 bridgehead atoms. The molecule has 2 aromatic carbocycles. The molecular weight excluding hydrogens is 597 g/mol. The Bertz CT molecular complexity index is 1960. The molecule has 0 radical (unpaired) electrons. The van der Waals surface area contributed by atoms with Crippen molar-refractivity contribution in [3.63, 3.8) is 0 Å². The van der Waals surface area contributed by atoms with Crippen molar-refractivity contribution in [2.75, 3.05) is 12.9 Å². The molecule has 1 unspecified atom stereocenters. The number of carbonyl (C=O) groups is 1. The van der Waals surface area contributed by atoms with Gasteiger partial charge < -0.3 is 4.74 Å². The fourth-order valence-corrected chi connectivity index (χ4v) is 8.47. The molecule has 1 atom stereocenters. The van der Waals surface area contributed by atoms with E-state index in [4.69, 9.17) is 4.74 Å². The highest BCUT2D eigenvalue weighted by molar-refractivity contribution is 8.02. The van der Waals surface area contributed by atoms with Gasteiger partial charge in [0.05, 0.1) is 28.2 Å². The molecule has 0 aliphatic heterocycles. The first-order chi connectivity index (χ1) is 20.3. The Morgan fingerprint density at radius 1 is 1.21 bits per heavy atom. The number of allylic oxidation sites excluding steroid dienone is 2. The number of hydrogen-bond acceptors (Lipinski definition) is 7. The fourth-order valence-electron chi connectivity index (χ4n) is 5.29. The number of hydrogen-bond donors (Lipinski definition) is 0. The first-order valence-corrected chi connectivity index (χ1v) is 20.5. The highest BCUT2D eigenvalue weighted by Crippen LogP contribution is 2.37. The van der Waals surface area contributed by atoms with Crippen LogP contribution in [0, 0.1) is 18.3 Å². The van der Waals surface area contributed by atoms with Crippen LogP contribution in [0.5, 0.6) is 0 Å². The lowest BCUT2D eigenvalue weighted by Crippen LogP contribution is -2.38. The molecule has 0 spiro atoms. The van der Waals surface area contributed by atoms with Gasteiger partial charge in [0.2, 0.25) is 15.8 Å². The predicted molar refractivity (Wildman–Crippen MR) is 177 cm³/mol. The second kappa shape index (κ2) is 11.6. The molecule has 4 aromatic rings. The van der Waals surface area contributed by atoms with E-state index < -0.39 is 22.8 Å². The van der Waals surface area contributed by atoms with E-state index in [1.165, 1.54) is 15.7 Å². The minimum atomic E-state index is -3.88. The second-order valence-corrected chi connectivity index (χ2v) is 21.1. The molecule has 0 saturated carbocycles. The third-order valence-electron chi connectivity index (χ3n) is 7.89. The summed E-state index contributed by atoms with van der Waals surface area (Å²) in [6, 6.07) is 13.4. The topological polar surface area (TPSA) is 107 Å². The highest BCUT2D eigenvalue weighted by atomic mass is 32.2. The molecule has 224 valence electrons. The number of carbonyl (C=O) groups excluding carboxylic acids is 1. The lowest BCUT2D eigenvalue weighted by atomic mass is 10.0. The number of fused-ring (bicyclic) bond motifs is 2. The van der Waals surface area contributed by atoms with E-state index in [2.05, 4.69) is 30.7 Å². The molecule has 0 N–H and O–H groups in total. The van der Waals surface area contributed by atoms with Gasteiger partial charge in [-0.1, -0.05) is 37.9 Å². The maximum atomic E-state index is 14.2. The van der Waals surface area contributed by atoms with E-state index in [1.807, 2.05) is 31.4 Å². The molecule has 0 amide bonds. The summed E-state index contributed by atoms with van der Waals surface area (Å²) in [7, 11) is -5.21. The van der Waals surface area contributed by atoms with E-state index in [1.54, 1.807) is 54.1 Å². The van der Waals surface area contributed by atoms with Gasteiger partial charge in [-0.05, 0) is 74.5 Å². The first kappa shape index (κ1) is 31.0. The monoisotopic (exact) mass is 632 g/mol. The zero-order valence-electron chi connectivity index (χ0n) is 25.3. The number of benzene rings is 2. The van der Waals surface area contributed by atoms with Gasteiger partial charge in [-0.3, -0.25) is 9.36 Å². The minimum absolute atomic E-state index is 0.108. The summed E-state index contributed by atoms with van der Waals surface area (Å²) in [5.41, 5.74) is 3.23. The third kappa shape index (κ3) is 5.77. The Kier molecular flexibility index (Phi) is 8.35. The van der Waals surface area contributed by atoms with Crippen LogP contribution in [0.15, 0.2) is 65.7 Å². The van der Waals surface area contributed by atoms with Crippen molar-refractivity contribution in [2.45, 2.75) is 57.4 Å². The smallest absolute Gasteiger partial charge is 0.248 e. The van der Waals surface area contributed by atoms with Crippen molar-refractivity contribution in [1.29, 1.82) is 5.26 Å². The number of rotatable bonds is 10. The number of imidazole rings is 1. The van der Waals surface area contributed by atoms with Crippen LogP contribution >= 0.6 is 11.8 Å². The van der Waals surface area contributed by atoms with E-state index >= 15 is 0 Å². The molecular formula is C32H36N4O4S2Si. The van der Waals surface area contributed by atoms with Gasteiger partial charge in [-0.2, -0.15) is 5.26 Å². The van der Waals surface area contributed by atoms with Crippen LogP contribution in [0.3, 0.4) is 0 Å². The maximum absolute atomic E-state index is 14.2. The van der Waals surface area contributed by atoms with Crippen molar-refractivity contribution in [3.8, 4) is 6.07 Å². The van der Waals surface area contributed by atoms with Crippen molar-refractivity contribution in [1.82, 2.24) is 13.5 Å². The normalized spacial score (nSPS) is 17.4. The number of ether oxygens (including phenoxy) is 1. The van der Waals surface area contributed by atoms with Gasteiger partial charge in [0, 0.05) is 36.7 Å². The Morgan fingerprint density at radius 3 is 2.67 bits per heavy atom. The summed E-state index contributed by atoms with van der Waals surface area (Å²) in [6.45, 7) is 11.1. The molecule has 0 fully saturated rings. The van der Waals surface area contributed by atoms with Crippen molar-refractivity contribution >= 4 is 57.6 Å². The second-order valence-electron chi connectivity index (χ2n) is 12.3. The standard InChI is InChI=1S/C32H36N4O4S2Si/c1-22-9-11-26(25-13-15-36(29(22)25)42(38,39)32(2)14-7-8-24(19-32)41-3)30(37)31-34-27-12-10-23(20-33)18-28(27)35(31)21-40-16-17-43(4,5)6/h7-13,15,18-19H,14,16-17,21H2,1-6H3. The average molecular weight is 633 g/mol. The van der Waals surface area contributed by atoms with Gasteiger partial charge in [0.25, 0.3) is 0 Å². The van der Waals surface area contributed by atoms with Crippen LogP contribution in [-0.2, 0) is 21.5 Å². The Morgan fingerprint density at radius 2 is 1.98 bits per heavy atom. The van der Waals surface area contributed by atoms with Crippen molar-refractivity contribution < 1.29 is 17.9 Å². The number of nitrogens with zero attached hydrogens (tertiary/aromatic N) is 4. The van der Waals surface area contributed by atoms with Crippen LogP contribution in [0.25, 0.3) is 21.9 Å². The molecule has 5 rings (SSSR count). The molecule has 1 aliphatic carbocycles. The summed E-state index contributed by atoms with van der Waals surface area (Å²) in [4.78, 5) is 19.8. The Balaban J connectivity index is 1.60. The van der Waals surface area contributed by atoms with Gasteiger partial charge in [-0.15, -0.1) is 11.8 Å². The van der Waals surface area contributed by atoms with Crippen LogP contribution in [0.4, 0.5) is 0 Å². The Labute approximate surface area is 258 Å². The molecule has 2 aromatic heterocycles. The molecule has 11 heteroatoms. The van der Waals surface area contributed by atoms with Gasteiger partial charge in [-0.25, -0.2) is 17.4 Å². The maximum Gasteiger partial charge on any atom is 0.248 e. The summed E-state index contributed by atoms with van der Waals surface area (Å²) in [6.07, 6.45) is 9.46. The van der Waals surface area contributed by atoms with Crippen LogP contribution in [0.1, 0.15) is 40.7 Å². The molecule has 0 saturated heterocycles. The van der Waals surface area contributed by atoms with E-state index in [-0.39, 0.29) is 18.3 Å². The van der Waals surface area contributed by atoms with Crippen LogP contribution < -0.4 is 0 Å². The number of ketones is 1. The van der Waals surface area contributed by atoms with Crippen molar-refractivity contribution in [2.24, 2.45) is 0 Å². The molecule has 43 heavy (non-hydrogen) atoms. The minimum Gasteiger partial charge on any atom is -0.361 e. The van der Waals surface area contributed by atoms with Crippen LogP contribution in [0.2, 0.25) is 25.7 Å². The molecule has 8 nitrogen and oxygen atoms in total. The summed E-state index contributed by atoms with van der Waals surface area (Å²) < 4.78 is 36.2. The van der Waals surface area contributed by atoms with Gasteiger partial charge in [0.15, 0.2) is 5.82 Å². The number of nitriles is 1. The number of thioether (sulfide) groups is 1. The molecule has 2 heterocycles. The zero-order chi connectivity index (χ0) is 31.2. The quantitative estimate of drug-likeness (QED) is 0.107. The van der Waals surface area contributed by atoms with E-state index in [0.717, 1.165) is 16.5 Å². The summed E-state index contributed by atoms with van der Waals surface area (Å²) in [5.74, 6) is -0.171. The summed E-state index contributed by atoms with van der Waals surface area (Å²) >= 11 is 1.51. The highest BCUT2D eigenvalue weighted by Gasteiger charge is 2.40. The van der Waals surface area contributed by atoms with Gasteiger partial charge >= 0.3 is 0 Å². The number of aryl methyl sites for hydroxylation is 1. The predicted octanol–water partition coefficient (Wildman–Crippen LogP) is 6.86.